The van der Waals surface area contributed by atoms with Crippen molar-refractivity contribution in [3.05, 3.63) is 83.4 Å². The van der Waals surface area contributed by atoms with Gasteiger partial charge < -0.3 is 10.6 Å². The molecule has 27 heavy (non-hydrogen) atoms. The van der Waals surface area contributed by atoms with Crippen molar-refractivity contribution >= 4 is 34.2 Å². The number of nitrogens with zero attached hydrogens (tertiary/aromatic N) is 3. The number of anilines is 1. The summed E-state index contributed by atoms with van der Waals surface area (Å²) in [5.74, 6) is -0.127. The van der Waals surface area contributed by atoms with Crippen molar-refractivity contribution in [1.29, 1.82) is 0 Å². The standard InChI is InChI=1S/C20H16ClN5O/c21-15-6-9-17(10-7-15)26-24-18-11-8-16(12-19(18)25-26)22-13-23-20(27)14-4-2-1-3-5-14/h1-12,22H,13H2,(H,23,27). The van der Waals surface area contributed by atoms with E-state index in [1.54, 1.807) is 29.1 Å². The van der Waals surface area contributed by atoms with Crippen molar-refractivity contribution in [1.82, 2.24) is 20.3 Å². The topological polar surface area (TPSA) is 71.8 Å². The van der Waals surface area contributed by atoms with Crippen LogP contribution in [0, 0.1) is 0 Å². The highest BCUT2D eigenvalue weighted by Gasteiger charge is 2.07. The lowest BCUT2D eigenvalue weighted by Gasteiger charge is -2.08. The lowest BCUT2D eigenvalue weighted by Crippen LogP contribution is -2.28. The second-order valence-electron chi connectivity index (χ2n) is 5.89. The minimum Gasteiger partial charge on any atom is -0.368 e. The molecule has 0 radical (unpaired) electrons. The Labute approximate surface area is 160 Å². The number of benzene rings is 3. The molecule has 0 aliphatic carbocycles. The third kappa shape index (κ3) is 3.91. The van der Waals surface area contributed by atoms with Crippen LogP contribution in [0.1, 0.15) is 10.4 Å². The molecule has 2 N–H and O–H groups in total. The van der Waals surface area contributed by atoms with Gasteiger partial charge in [0.05, 0.1) is 12.4 Å². The molecule has 1 heterocycles. The second-order valence-corrected chi connectivity index (χ2v) is 6.33. The Kier molecular flexibility index (Phi) is 4.72. The quantitative estimate of drug-likeness (QED) is 0.518. The average molecular weight is 378 g/mol. The molecule has 4 rings (SSSR count). The summed E-state index contributed by atoms with van der Waals surface area (Å²) in [6.45, 7) is 0.310. The summed E-state index contributed by atoms with van der Waals surface area (Å²) < 4.78 is 0. The van der Waals surface area contributed by atoms with Gasteiger partial charge in [-0.1, -0.05) is 29.8 Å². The number of hydrogen-bond acceptors (Lipinski definition) is 4. The lowest BCUT2D eigenvalue weighted by molar-refractivity contribution is 0.0956. The molecule has 1 amide bonds. The summed E-state index contributed by atoms with van der Waals surface area (Å²) in [7, 11) is 0. The monoisotopic (exact) mass is 377 g/mol. The van der Waals surface area contributed by atoms with Gasteiger partial charge in [-0.25, -0.2) is 0 Å². The third-order valence-corrected chi connectivity index (χ3v) is 4.27. The largest absolute Gasteiger partial charge is 0.368 e. The van der Waals surface area contributed by atoms with Crippen LogP contribution in [0.3, 0.4) is 0 Å². The smallest absolute Gasteiger partial charge is 0.252 e. The number of halogens is 1. The molecule has 0 spiro atoms. The van der Waals surface area contributed by atoms with Crippen molar-refractivity contribution in [2.45, 2.75) is 0 Å². The lowest BCUT2D eigenvalue weighted by atomic mass is 10.2. The zero-order chi connectivity index (χ0) is 18.6. The number of nitrogens with one attached hydrogen (secondary N) is 2. The first-order valence-electron chi connectivity index (χ1n) is 8.39. The molecular formula is C20H16ClN5O. The SMILES string of the molecule is O=C(NCNc1ccc2nn(-c3ccc(Cl)cc3)nc2c1)c1ccccc1. The molecular weight excluding hydrogens is 362 g/mol. The maximum Gasteiger partial charge on any atom is 0.252 e. The number of carbonyl (C=O) groups is 1. The van der Waals surface area contributed by atoms with E-state index in [0.29, 0.717) is 17.3 Å². The van der Waals surface area contributed by atoms with E-state index in [0.717, 1.165) is 22.4 Å². The maximum absolute atomic E-state index is 12.0. The zero-order valence-corrected chi connectivity index (χ0v) is 15.0. The van der Waals surface area contributed by atoms with Crippen LogP contribution < -0.4 is 10.6 Å². The highest BCUT2D eigenvalue weighted by Crippen LogP contribution is 2.18. The molecule has 0 saturated heterocycles. The molecule has 0 aliphatic heterocycles. The van der Waals surface area contributed by atoms with Crippen LogP contribution in [-0.4, -0.2) is 27.6 Å². The van der Waals surface area contributed by atoms with E-state index in [9.17, 15) is 4.79 Å². The van der Waals surface area contributed by atoms with Gasteiger partial charge in [0.15, 0.2) is 0 Å². The average Bonchev–Trinajstić information content (AvgIpc) is 3.12. The Morgan fingerprint density at radius 3 is 2.44 bits per heavy atom. The van der Waals surface area contributed by atoms with Gasteiger partial charge in [-0.3, -0.25) is 4.79 Å². The van der Waals surface area contributed by atoms with Gasteiger partial charge in [-0.05, 0) is 54.6 Å². The molecule has 3 aromatic carbocycles. The van der Waals surface area contributed by atoms with Gasteiger partial charge >= 0.3 is 0 Å². The van der Waals surface area contributed by atoms with Crippen molar-refractivity contribution < 1.29 is 4.79 Å². The molecule has 0 atom stereocenters. The minimum atomic E-state index is -0.127. The van der Waals surface area contributed by atoms with E-state index in [2.05, 4.69) is 20.8 Å². The predicted octanol–water partition coefficient (Wildman–Crippen LogP) is 3.87. The van der Waals surface area contributed by atoms with Crippen LogP contribution in [0.4, 0.5) is 5.69 Å². The van der Waals surface area contributed by atoms with E-state index < -0.39 is 0 Å². The summed E-state index contributed by atoms with van der Waals surface area (Å²) >= 11 is 5.92. The van der Waals surface area contributed by atoms with Crippen molar-refractivity contribution in [2.24, 2.45) is 0 Å². The van der Waals surface area contributed by atoms with Gasteiger partial charge in [0.2, 0.25) is 0 Å². The molecule has 7 heteroatoms. The molecule has 0 unspecified atom stereocenters. The van der Waals surface area contributed by atoms with Crippen molar-refractivity contribution in [3.8, 4) is 5.69 Å². The summed E-state index contributed by atoms with van der Waals surface area (Å²) in [6.07, 6.45) is 0. The van der Waals surface area contributed by atoms with Crippen LogP contribution in [0.15, 0.2) is 72.8 Å². The van der Waals surface area contributed by atoms with Crippen molar-refractivity contribution in [3.63, 3.8) is 0 Å². The fourth-order valence-electron chi connectivity index (χ4n) is 2.63. The molecule has 6 nitrogen and oxygen atoms in total. The normalized spacial score (nSPS) is 10.7. The first-order chi connectivity index (χ1) is 13.2. The first kappa shape index (κ1) is 17.1. The van der Waals surface area contributed by atoms with Gasteiger partial charge in [0.1, 0.15) is 11.0 Å². The number of carbonyl (C=O) groups excluding carboxylic acids is 1. The molecule has 0 aliphatic rings. The number of rotatable bonds is 5. The Hall–Kier alpha value is -3.38. The summed E-state index contributed by atoms with van der Waals surface area (Å²) in [6, 6.07) is 22.1. The number of amides is 1. The Balaban J connectivity index is 1.44. The summed E-state index contributed by atoms with van der Waals surface area (Å²) in [5, 5.41) is 15.6. The van der Waals surface area contributed by atoms with Crippen LogP contribution >= 0.6 is 11.6 Å². The van der Waals surface area contributed by atoms with Crippen LogP contribution in [-0.2, 0) is 0 Å². The Morgan fingerprint density at radius 1 is 0.926 bits per heavy atom. The van der Waals surface area contributed by atoms with E-state index in [-0.39, 0.29) is 5.91 Å². The molecule has 1 aromatic heterocycles. The van der Waals surface area contributed by atoms with E-state index >= 15 is 0 Å². The Morgan fingerprint density at radius 2 is 1.67 bits per heavy atom. The predicted molar refractivity (Wildman–Crippen MR) is 106 cm³/mol. The van der Waals surface area contributed by atoms with E-state index in [1.165, 1.54) is 0 Å². The van der Waals surface area contributed by atoms with E-state index in [1.807, 2.05) is 48.5 Å². The fraction of sp³-hybridized carbons (Fsp3) is 0.0500. The highest BCUT2D eigenvalue weighted by atomic mass is 35.5. The summed E-state index contributed by atoms with van der Waals surface area (Å²) in [5.41, 5.74) is 3.84. The minimum absolute atomic E-state index is 0.127. The molecule has 4 aromatic rings. The molecule has 0 bridgehead atoms. The van der Waals surface area contributed by atoms with Crippen LogP contribution in [0.2, 0.25) is 5.02 Å². The summed E-state index contributed by atoms with van der Waals surface area (Å²) in [4.78, 5) is 13.6. The van der Waals surface area contributed by atoms with E-state index in [4.69, 9.17) is 11.6 Å². The molecule has 0 fully saturated rings. The highest BCUT2D eigenvalue weighted by molar-refractivity contribution is 6.30. The molecule has 134 valence electrons. The number of aromatic nitrogens is 3. The Bertz CT molecular complexity index is 1080. The third-order valence-electron chi connectivity index (χ3n) is 4.02. The van der Waals surface area contributed by atoms with Crippen LogP contribution in [0.25, 0.3) is 16.7 Å². The van der Waals surface area contributed by atoms with Crippen molar-refractivity contribution in [2.75, 3.05) is 12.0 Å². The van der Waals surface area contributed by atoms with Gasteiger partial charge in [0.25, 0.3) is 5.91 Å². The number of hydrogen-bond donors (Lipinski definition) is 2. The number of fused-ring (bicyclic) bond motifs is 1. The second kappa shape index (κ2) is 7.47. The van der Waals surface area contributed by atoms with Crippen LogP contribution in [0.5, 0.6) is 0 Å². The van der Waals surface area contributed by atoms with Gasteiger partial charge in [0, 0.05) is 16.3 Å². The fourth-order valence-corrected chi connectivity index (χ4v) is 2.76. The van der Waals surface area contributed by atoms with Gasteiger partial charge in [-0.2, -0.15) is 4.80 Å². The van der Waals surface area contributed by atoms with Gasteiger partial charge in [-0.15, -0.1) is 10.2 Å². The molecule has 0 saturated carbocycles. The maximum atomic E-state index is 12.0. The zero-order valence-electron chi connectivity index (χ0n) is 14.3. The first-order valence-corrected chi connectivity index (χ1v) is 8.77.